The van der Waals surface area contributed by atoms with Gasteiger partial charge in [-0.15, -0.1) is 0 Å². The van der Waals surface area contributed by atoms with Gasteiger partial charge in [0.05, 0.1) is 12.4 Å². The fourth-order valence-electron chi connectivity index (χ4n) is 1.52. The van der Waals surface area contributed by atoms with Crippen LogP contribution in [-0.4, -0.2) is 39.1 Å². The third-order valence-corrected chi connectivity index (χ3v) is 3.86. The highest BCUT2D eigenvalue weighted by molar-refractivity contribution is 7.92. The Kier molecular flexibility index (Phi) is 3.02. The summed E-state index contributed by atoms with van der Waals surface area (Å²) in [5.41, 5.74) is -0.228. The van der Waals surface area contributed by atoms with E-state index in [0.717, 1.165) is 10.9 Å². The minimum atomic E-state index is -3.92. The van der Waals surface area contributed by atoms with Gasteiger partial charge in [-0.25, -0.2) is 4.79 Å². The van der Waals surface area contributed by atoms with Crippen molar-refractivity contribution < 1.29 is 18.3 Å². The van der Waals surface area contributed by atoms with Gasteiger partial charge in [-0.3, -0.25) is 14.1 Å². The Balaban J connectivity index is 2.45. The largest absolute Gasteiger partial charge is 0.477 e. The van der Waals surface area contributed by atoms with Crippen LogP contribution in [0.1, 0.15) is 10.4 Å². The Labute approximate surface area is 108 Å². The number of carboxylic acid groups (broad SMARTS) is 1. The number of aromatic carboxylic acids is 1. The third-order valence-electron chi connectivity index (χ3n) is 2.45. The summed E-state index contributed by atoms with van der Waals surface area (Å²) in [5.74, 6) is -1.38. The van der Waals surface area contributed by atoms with Gasteiger partial charge in [0.15, 0.2) is 10.8 Å². The molecule has 0 saturated heterocycles. The van der Waals surface area contributed by atoms with Gasteiger partial charge in [0.25, 0.3) is 10.0 Å². The molecule has 0 aliphatic carbocycles. The first-order valence-corrected chi connectivity index (χ1v) is 6.57. The molecule has 2 rings (SSSR count). The minimum Gasteiger partial charge on any atom is -0.477 e. The second-order valence-corrected chi connectivity index (χ2v) is 5.36. The van der Waals surface area contributed by atoms with Crippen molar-refractivity contribution in [2.45, 2.75) is 5.03 Å². The van der Waals surface area contributed by atoms with Crippen LogP contribution in [0.2, 0.25) is 0 Å². The van der Waals surface area contributed by atoms with E-state index < -0.39 is 16.0 Å². The number of nitrogens with zero attached hydrogens (tertiary/aromatic N) is 4. The standard InChI is InChI=1S/C9H11N5O4S/c1-13-7(3-4-10-13)19(17,18)12-8-6(9(15)16)5-11-14(8)2/h3-5,12H,1-2H3,(H,15,16). The molecule has 0 saturated carbocycles. The molecule has 102 valence electrons. The molecule has 2 aromatic heterocycles. The maximum atomic E-state index is 12.1. The van der Waals surface area contributed by atoms with Crippen molar-refractivity contribution in [1.82, 2.24) is 19.6 Å². The van der Waals surface area contributed by atoms with E-state index in [2.05, 4.69) is 14.9 Å². The van der Waals surface area contributed by atoms with Crippen LogP contribution in [0.3, 0.4) is 0 Å². The molecule has 0 bridgehead atoms. The lowest BCUT2D eigenvalue weighted by Gasteiger charge is -2.09. The zero-order valence-corrected chi connectivity index (χ0v) is 10.9. The van der Waals surface area contributed by atoms with Crippen LogP contribution in [0.4, 0.5) is 5.82 Å². The van der Waals surface area contributed by atoms with Crippen molar-refractivity contribution in [3.63, 3.8) is 0 Å². The average Bonchev–Trinajstić information content (AvgIpc) is 2.86. The van der Waals surface area contributed by atoms with E-state index in [9.17, 15) is 13.2 Å². The monoisotopic (exact) mass is 285 g/mol. The first-order chi connectivity index (χ1) is 8.83. The first-order valence-electron chi connectivity index (χ1n) is 5.09. The summed E-state index contributed by atoms with van der Waals surface area (Å²) in [7, 11) is -1.02. The number of aryl methyl sites for hydroxylation is 2. The molecule has 19 heavy (non-hydrogen) atoms. The van der Waals surface area contributed by atoms with Gasteiger partial charge in [-0.05, 0) is 6.07 Å². The van der Waals surface area contributed by atoms with Gasteiger partial charge in [-0.2, -0.15) is 18.6 Å². The molecule has 0 unspecified atom stereocenters. The van der Waals surface area contributed by atoms with E-state index in [1.807, 2.05) is 0 Å². The van der Waals surface area contributed by atoms with Gasteiger partial charge in [-0.1, -0.05) is 0 Å². The Morgan fingerprint density at radius 1 is 1.32 bits per heavy atom. The van der Waals surface area contributed by atoms with Crippen LogP contribution in [-0.2, 0) is 24.1 Å². The fraction of sp³-hybridized carbons (Fsp3) is 0.222. The van der Waals surface area contributed by atoms with Crippen LogP contribution >= 0.6 is 0 Å². The highest BCUT2D eigenvalue weighted by atomic mass is 32.2. The second kappa shape index (κ2) is 4.39. The molecule has 2 aromatic rings. The van der Waals surface area contributed by atoms with Crippen LogP contribution in [0.25, 0.3) is 0 Å². The van der Waals surface area contributed by atoms with Gasteiger partial charge >= 0.3 is 5.97 Å². The van der Waals surface area contributed by atoms with E-state index >= 15 is 0 Å². The molecule has 0 spiro atoms. The lowest BCUT2D eigenvalue weighted by Crippen LogP contribution is -2.20. The maximum Gasteiger partial charge on any atom is 0.341 e. The topological polar surface area (TPSA) is 119 Å². The molecule has 0 aliphatic rings. The lowest BCUT2D eigenvalue weighted by molar-refractivity contribution is 0.0698. The molecule has 0 fully saturated rings. The van der Waals surface area contributed by atoms with Crippen molar-refractivity contribution >= 4 is 21.8 Å². The highest BCUT2D eigenvalue weighted by Crippen LogP contribution is 2.18. The molecule has 0 atom stereocenters. The van der Waals surface area contributed by atoms with Crippen molar-refractivity contribution in [3.05, 3.63) is 24.0 Å². The van der Waals surface area contributed by atoms with Crippen molar-refractivity contribution in [2.24, 2.45) is 14.1 Å². The summed E-state index contributed by atoms with van der Waals surface area (Å²) < 4.78 is 28.7. The molecule has 2 heterocycles. The van der Waals surface area contributed by atoms with Gasteiger partial charge < -0.3 is 5.11 Å². The number of hydrogen-bond donors (Lipinski definition) is 2. The number of hydrogen-bond acceptors (Lipinski definition) is 5. The normalized spacial score (nSPS) is 11.5. The number of nitrogens with one attached hydrogen (secondary N) is 1. The SMILES string of the molecule is Cn1nccc1S(=O)(=O)Nc1c(C(=O)O)cnn1C. The molecule has 10 heteroatoms. The zero-order chi connectivity index (χ0) is 14.2. The summed E-state index contributed by atoms with van der Waals surface area (Å²) in [5, 5.41) is 16.3. The van der Waals surface area contributed by atoms with Crippen molar-refractivity contribution in [3.8, 4) is 0 Å². The number of anilines is 1. The van der Waals surface area contributed by atoms with Gasteiger partial charge in [0.2, 0.25) is 0 Å². The summed E-state index contributed by atoms with van der Waals surface area (Å²) in [6, 6.07) is 1.30. The number of carboxylic acids is 1. The number of aromatic nitrogens is 4. The molecular weight excluding hydrogens is 274 g/mol. The summed E-state index contributed by atoms with van der Waals surface area (Å²) in [6.45, 7) is 0. The van der Waals surface area contributed by atoms with Gasteiger partial charge in [0.1, 0.15) is 5.56 Å². The van der Waals surface area contributed by atoms with Crippen LogP contribution < -0.4 is 4.72 Å². The van der Waals surface area contributed by atoms with Crippen LogP contribution in [0.15, 0.2) is 23.5 Å². The molecule has 0 amide bonds. The zero-order valence-electron chi connectivity index (χ0n) is 10.1. The summed E-state index contributed by atoms with van der Waals surface area (Å²) >= 11 is 0. The average molecular weight is 285 g/mol. The summed E-state index contributed by atoms with van der Waals surface area (Å²) in [6.07, 6.45) is 2.40. The molecule has 0 aromatic carbocycles. The highest BCUT2D eigenvalue weighted by Gasteiger charge is 2.23. The maximum absolute atomic E-state index is 12.1. The van der Waals surface area contributed by atoms with Crippen molar-refractivity contribution in [1.29, 1.82) is 0 Å². The van der Waals surface area contributed by atoms with E-state index in [0.29, 0.717) is 0 Å². The fourth-order valence-corrected chi connectivity index (χ4v) is 2.76. The predicted octanol–water partition coefficient (Wildman–Crippen LogP) is -0.347. The lowest BCUT2D eigenvalue weighted by atomic mass is 10.3. The smallest absolute Gasteiger partial charge is 0.341 e. The third kappa shape index (κ3) is 2.29. The van der Waals surface area contributed by atoms with Crippen molar-refractivity contribution in [2.75, 3.05) is 4.72 Å². The second-order valence-electron chi connectivity index (χ2n) is 3.73. The van der Waals surface area contributed by atoms with E-state index in [4.69, 9.17) is 5.11 Å². The van der Waals surface area contributed by atoms with E-state index in [1.165, 1.54) is 31.0 Å². The molecule has 0 radical (unpaired) electrons. The van der Waals surface area contributed by atoms with E-state index in [1.54, 1.807) is 0 Å². The Hall–Kier alpha value is -2.36. The Morgan fingerprint density at radius 2 is 2.00 bits per heavy atom. The molecular formula is C9H11N5O4S. The number of rotatable bonds is 4. The predicted molar refractivity (Wildman–Crippen MR) is 64.2 cm³/mol. The minimum absolute atomic E-state index is 0.0787. The Morgan fingerprint density at radius 3 is 2.53 bits per heavy atom. The number of carbonyl (C=O) groups is 1. The Bertz CT molecular complexity index is 730. The molecule has 2 N–H and O–H groups in total. The number of sulfonamides is 1. The van der Waals surface area contributed by atoms with Gasteiger partial charge in [0, 0.05) is 14.1 Å². The van der Waals surface area contributed by atoms with Crippen LogP contribution in [0.5, 0.6) is 0 Å². The first kappa shape index (κ1) is 13.1. The molecule has 9 nitrogen and oxygen atoms in total. The van der Waals surface area contributed by atoms with E-state index in [-0.39, 0.29) is 16.4 Å². The van der Waals surface area contributed by atoms with Crippen LogP contribution in [0, 0.1) is 0 Å². The quantitative estimate of drug-likeness (QED) is 0.792. The summed E-state index contributed by atoms with van der Waals surface area (Å²) in [4.78, 5) is 11.0. The molecule has 0 aliphatic heterocycles.